The van der Waals surface area contributed by atoms with E-state index in [0.29, 0.717) is 37.6 Å². The second kappa shape index (κ2) is 10.2. The van der Waals surface area contributed by atoms with Gasteiger partial charge >= 0.3 is 0 Å². The molecule has 1 heterocycles. The van der Waals surface area contributed by atoms with Gasteiger partial charge in [-0.15, -0.1) is 0 Å². The highest BCUT2D eigenvalue weighted by Crippen LogP contribution is 2.30. The SMILES string of the molecule is COc1cc(CN(Cc2ccco2)C(=O)CC(C)(C)C)ccc1OCc1ccccc1. The van der Waals surface area contributed by atoms with Crippen LogP contribution in [0.2, 0.25) is 0 Å². The number of methoxy groups -OCH3 is 1. The number of nitrogens with zero attached hydrogens (tertiary/aromatic N) is 1. The molecule has 164 valence electrons. The largest absolute Gasteiger partial charge is 0.493 e. The summed E-state index contributed by atoms with van der Waals surface area (Å²) in [7, 11) is 1.62. The average Bonchev–Trinajstić information content (AvgIpc) is 3.25. The Balaban J connectivity index is 1.74. The number of hydrogen-bond donors (Lipinski definition) is 0. The summed E-state index contributed by atoms with van der Waals surface area (Å²) in [4.78, 5) is 14.8. The summed E-state index contributed by atoms with van der Waals surface area (Å²) < 4.78 is 17.0. The van der Waals surface area contributed by atoms with Gasteiger partial charge < -0.3 is 18.8 Å². The fraction of sp³-hybridized carbons (Fsp3) is 0.346. The maximum atomic E-state index is 13.0. The summed E-state index contributed by atoms with van der Waals surface area (Å²) in [5.41, 5.74) is 1.97. The lowest BCUT2D eigenvalue weighted by Crippen LogP contribution is -2.32. The Morgan fingerprint density at radius 3 is 2.35 bits per heavy atom. The Bertz CT molecular complexity index is 959. The molecule has 0 radical (unpaired) electrons. The summed E-state index contributed by atoms with van der Waals surface area (Å²) >= 11 is 0. The molecule has 3 aromatic rings. The highest BCUT2D eigenvalue weighted by Gasteiger charge is 2.22. The first-order valence-electron chi connectivity index (χ1n) is 10.5. The quantitative estimate of drug-likeness (QED) is 0.436. The molecule has 0 N–H and O–H groups in total. The Kier molecular flexibility index (Phi) is 7.40. The van der Waals surface area contributed by atoms with E-state index in [1.54, 1.807) is 13.4 Å². The van der Waals surface area contributed by atoms with Gasteiger partial charge in [0.25, 0.3) is 0 Å². The van der Waals surface area contributed by atoms with E-state index in [1.165, 1.54) is 0 Å². The van der Waals surface area contributed by atoms with E-state index in [2.05, 4.69) is 20.8 Å². The van der Waals surface area contributed by atoms with Crippen LogP contribution in [0.25, 0.3) is 0 Å². The van der Waals surface area contributed by atoms with Crippen molar-refractivity contribution in [3.8, 4) is 11.5 Å². The van der Waals surface area contributed by atoms with Gasteiger partial charge in [-0.1, -0.05) is 57.2 Å². The van der Waals surface area contributed by atoms with Crippen LogP contribution in [-0.2, 0) is 24.5 Å². The molecule has 0 spiro atoms. The highest BCUT2D eigenvalue weighted by molar-refractivity contribution is 5.76. The van der Waals surface area contributed by atoms with Crippen LogP contribution in [0.15, 0.2) is 71.3 Å². The summed E-state index contributed by atoms with van der Waals surface area (Å²) in [5.74, 6) is 2.17. The van der Waals surface area contributed by atoms with Gasteiger partial charge in [0.05, 0.1) is 19.9 Å². The van der Waals surface area contributed by atoms with Crippen LogP contribution in [0, 0.1) is 5.41 Å². The molecule has 3 rings (SSSR count). The second-order valence-corrected chi connectivity index (χ2v) is 8.83. The first-order chi connectivity index (χ1) is 14.8. The van der Waals surface area contributed by atoms with Crippen LogP contribution in [0.1, 0.15) is 44.1 Å². The molecule has 2 aromatic carbocycles. The first-order valence-corrected chi connectivity index (χ1v) is 10.5. The van der Waals surface area contributed by atoms with Crippen molar-refractivity contribution >= 4 is 5.91 Å². The van der Waals surface area contributed by atoms with Gasteiger partial charge in [-0.3, -0.25) is 4.79 Å². The van der Waals surface area contributed by atoms with E-state index < -0.39 is 0 Å². The minimum atomic E-state index is -0.0919. The van der Waals surface area contributed by atoms with Gasteiger partial charge in [-0.05, 0) is 40.8 Å². The van der Waals surface area contributed by atoms with Crippen LogP contribution >= 0.6 is 0 Å². The van der Waals surface area contributed by atoms with E-state index in [4.69, 9.17) is 13.9 Å². The Hall–Kier alpha value is -3.21. The van der Waals surface area contributed by atoms with Crippen molar-refractivity contribution in [1.29, 1.82) is 0 Å². The Morgan fingerprint density at radius 1 is 0.935 bits per heavy atom. The first kappa shape index (κ1) is 22.5. The van der Waals surface area contributed by atoms with Crippen molar-refractivity contribution in [1.82, 2.24) is 4.90 Å². The van der Waals surface area contributed by atoms with Crippen LogP contribution in [0.3, 0.4) is 0 Å². The van der Waals surface area contributed by atoms with E-state index in [-0.39, 0.29) is 11.3 Å². The van der Waals surface area contributed by atoms with E-state index >= 15 is 0 Å². The fourth-order valence-corrected chi connectivity index (χ4v) is 3.27. The molecule has 5 heteroatoms. The third-order valence-corrected chi connectivity index (χ3v) is 4.80. The monoisotopic (exact) mass is 421 g/mol. The molecule has 0 aliphatic rings. The second-order valence-electron chi connectivity index (χ2n) is 8.83. The lowest BCUT2D eigenvalue weighted by Gasteiger charge is -2.26. The van der Waals surface area contributed by atoms with E-state index in [1.807, 2.05) is 65.6 Å². The molecule has 1 aromatic heterocycles. The summed E-state index contributed by atoms with van der Waals surface area (Å²) in [6, 6.07) is 19.5. The van der Waals surface area contributed by atoms with Gasteiger partial charge in [-0.2, -0.15) is 0 Å². The van der Waals surface area contributed by atoms with Gasteiger partial charge in [0.15, 0.2) is 11.5 Å². The molecule has 0 aliphatic carbocycles. The molecular formula is C26H31NO4. The van der Waals surface area contributed by atoms with E-state index in [9.17, 15) is 4.79 Å². The average molecular weight is 422 g/mol. The van der Waals surface area contributed by atoms with Gasteiger partial charge in [0, 0.05) is 13.0 Å². The number of hydrogen-bond acceptors (Lipinski definition) is 4. The maximum Gasteiger partial charge on any atom is 0.223 e. The summed E-state index contributed by atoms with van der Waals surface area (Å²) in [5, 5.41) is 0. The van der Waals surface area contributed by atoms with Crippen molar-refractivity contribution in [2.45, 2.75) is 46.9 Å². The number of furan rings is 1. The van der Waals surface area contributed by atoms with E-state index in [0.717, 1.165) is 16.9 Å². The van der Waals surface area contributed by atoms with Gasteiger partial charge in [0.2, 0.25) is 5.91 Å². The van der Waals surface area contributed by atoms with Crippen molar-refractivity contribution < 1.29 is 18.7 Å². The summed E-state index contributed by atoms with van der Waals surface area (Å²) in [6.45, 7) is 7.56. The van der Waals surface area contributed by atoms with Crippen molar-refractivity contribution in [3.05, 3.63) is 83.8 Å². The summed E-state index contributed by atoms with van der Waals surface area (Å²) in [6.07, 6.45) is 2.09. The standard InChI is InChI=1S/C26H31NO4/c1-26(2,3)16-25(28)27(18-22-11-8-14-30-22)17-21-12-13-23(24(15-21)29-4)31-19-20-9-6-5-7-10-20/h5-15H,16-19H2,1-4H3. The molecule has 0 bridgehead atoms. The predicted molar refractivity (Wildman–Crippen MR) is 121 cm³/mol. The van der Waals surface area contributed by atoms with Crippen molar-refractivity contribution in [2.24, 2.45) is 5.41 Å². The zero-order valence-corrected chi connectivity index (χ0v) is 18.8. The number of amides is 1. The smallest absolute Gasteiger partial charge is 0.223 e. The number of carbonyl (C=O) groups is 1. The third kappa shape index (κ3) is 6.92. The highest BCUT2D eigenvalue weighted by atomic mass is 16.5. The fourth-order valence-electron chi connectivity index (χ4n) is 3.27. The third-order valence-electron chi connectivity index (χ3n) is 4.80. The molecule has 0 fully saturated rings. The number of carbonyl (C=O) groups excluding carboxylic acids is 1. The lowest BCUT2D eigenvalue weighted by atomic mass is 9.91. The molecular weight excluding hydrogens is 390 g/mol. The Labute approximate surface area is 184 Å². The molecule has 1 amide bonds. The lowest BCUT2D eigenvalue weighted by molar-refractivity contribution is -0.134. The van der Waals surface area contributed by atoms with Crippen LogP contribution < -0.4 is 9.47 Å². The topological polar surface area (TPSA) is 51.9 Å². The van der Waals surface area contributed by atoms with Crippen molar-refractivity contribution in [2.75, 3.05) is 7.11 Å². The zero-order chi connectivity index (χ0) is 22.3. The van der Waals surface area contributed by atoms with Crippen LogP contribution in [-0.4, -0.2) is 17.9 Å². The molecule has 0 atom stereocenters. The number of rotatable bonds is 9. The molecule has 5 nitrogen and oxygen atoms in total. The minimum absolute atomic E-state index is 0.0901. The number of benzene rings is 2. The predicted octanol–water partition coefficient (Wildman–Crippen LogP) is 5.83. The van der Waals surface area contributed by atoms with Crippen molar-refractivity contribution in [3.63, 3.8) is 0 Å². The van der Waals surface area contributed by atoms with Gasteiger partial charge in [-0.25, -0.2) is 0 Å². The molecule has 31 heavy (non-hydrogen) atoms. The number of ether oxygens (including phenoxy) is 2. The van der Waals surface area contributed by atoms with Crippen LogP contribution in [0.5, 0.6) is 11.5 Å². The normalized spacial score (nSPS) is 11.2. The Morgan fingerprint density at radius 2 is 1.71 bits per heavy atom. The molecule has 0 saturated carbocycles. The zero-order valence-electron chi connectivity index (χ0n) is 18.8. The molecule has 0 unspecified atom stereocenters. The minimum Gasteiger partial charge on any atom is -0.493 e. The maximum absolute atomic E-state index is 13.0. The molecule has 0 saturated heterocycles. The van der Waals surface area contributed by atoms with Crippen LogP contribution in [0.4, 0.5) is 0 Å². The molecule has 0 aliphatic heterocycles. The van der Waals surface area contributed by atoms with Gasteiger partial charge in [0.1, 0.15) is 12.4 Å².